The molecule has 0 aliphatic carbocycles. The first kappa shape index (κ1) is 13.2. The quantitative estimate of drug-likeness (QED) is 0.696. The van der Waals surface area contributed by atoms with Gasteiger partial charge in [-0.25, -0.2) is 13.8 Å². The minimum Gasteiger partial charge on any atom is -0.344 e. The lowest BCUT2D eigenvalue weighted by atomic mass is 10.3. The van der Waals surface area contributed by atoms with Gasteiger partial charge in [0.05, 0.1) is 11.9 Å². The van der Waals surface area contributed by atoms with Crippen LogP contribution in [0.1, 0.15) is 17.0 Å². The normalized spacial score (nSPS) is 10.7. The second-order valence-corrected chi connectivity index (χ2v) is 4.66. The Morgan fingerprint density at radius 3 is 2.83 bits per heavy atom. The summed E-state index contributed by atoms with van der Waals surface area (Å²) >= 11 is 11.5. The van der Waals surface area contributed by atoms with Gasteiger partial charge in [-0.1, -0.05) is 28.3 Å². The fourth-order valence-electron chi connectivity index (χ4n) is 1.14. The van der Waals surface area contributed by atoms with Crippen LogP contribution in [0.5, 0.6) is 0 Å². The second-order valence-electron chi connectivity index (χ2n) is 3.11. The molecule has 0 aliphatic heterocycles. The molecule has 0 radical (unpaired) electrons. The van der Waals surface area contributed by atoms with Crippen LogP contribution in [0.25, 0.3) is 0 Å². The van der Waals surface area contributed by atoms with E-state index >= 15 is 0 Å². The number of nitrogens with zero attached hydrogens (tertiary/aromatic N) is 3. The van der Waals surface area contributed by atoms with Gasteiger partial charge in [-0.2, -0.15) is 0 Å². The molecule has 2 aromatic rings. The molecule has 0 atom stereocenters. The van der Waals surface area contributed by atoms with E-state index in [1.807, 2.05) is 0 Å². The molecule has 18 heavy (non-hydrogen) atoms. The topological polar surface area (TPSA) is 50.7 Å². The minimum absolute atomic E-state index is 0.129. The first-order chi connectivity index (χ1) is 8.58. The van der Waals surface area contributed by atoms with Crippen LogP contribution >= 0.6 is 35.4 Å². The van der Waals surface area contributed by atoms with Crippen molar-refractivity contribution in [2.24, 2.45) is 0 Å². The summed E-state index contributed by atoms with van der Waals surface area (Å²) in [5.74, 6) is 0. The summed E-state index contributed by atoms with van der Waals surface area (Å²) in [6.07, 6.45) is -1.26. The average molecular weight is 307 g/mol. The van der Waals surface area contributed by atoms with Crippen LogP contribution in [0.3, 0.4) is 0 Å². The van der Waals surface area contributed by atoms with E-state index in [0.717, 1.165) is 11.5 Å². The van der Waals surface area contributed by atoms with Crippen molar-refractivity contribution in [1.29, 1.82) is 0 Å². The van der Waals surface area contributed by atoms with Crippen LogP contribution in [0.2, 0.25) is 5.15 Å². The van der Waals surface area contributed by atoms with Crippen LogP contribution in [0.15, 0.2) is 18.3 Å². The van der Waals surface area contributed by atoms with Crippen LogP contribution in [0, 0.1) is 0 Å². The molecule has 0 unspecified atom stereocenters. The minimum atomic E-state index is -2.71. The average Bonchev–Trinajstić information content (AvgIpc) is 2.81. The Bertz CT molecular complexity index is 558. The van der Waals surface area contributed by atoms with Gasteiger partial charge in [0.25, 0.3) is 6.43 Å². The molecule has 9 heteroatoms. The van der Waals surface area contributed by atoms with Crippen molar-refractivity contribution in [3.05, 3.63) is 34.1 Å². The third-order valence-electron chi connectivity index (χ3n) is 1.91. The van der Waals surface area contributed by atoms with Crippen LogP contribution in [-0.2, 0) is 0 Å². The largest absolute Gasteiger partial charge is 0.344 e. The Morgan fingerprint density at radius 1 is 1.44 bits per heavy atom. The first-order valence-electron chi connectivity index (χ1n) is 4.61. The highest BCUT2D eigenvalue weighted by Crippen LogP contribution is 2.24. The van der Waals surface area contributed by atoms with Crippen LogP contribution in [-0.4, -0.2) is 19.6 Å². The number of pyridine rings is 1. The molecule has 0 saturated heterocycles. The summed E-state index contributed by atoms with van der Waals surface area (Å²) in [4.78, 5) is 4.12. The number of anilines is 1. The van der Waals surface area contributed by atoms with Gasteiger partial charge in [0.1, 0.15) is 15.0 Å². The lowest BCUT2D eigenvalue weighted by Gasteiger charge is -2.06. The van der Waals surface area contributed by atoms with Gasteiger partial charge in [-0.15, -0.1) is 5.10 Å². The SMILES string of the molecule is FC(F)c1nnsc1C(=S)Nc1ccc(Cl)nc1. The van der Waals surface area contributed by atoms with E-state index in [-0.39, 0.29) is 9.87 Å². The zero-order valence-electron chi connectivity index (χ0n) is 8.60. The molecule has 4 nitrogen and oxygen atoms in total. The number of hydrogen-bond acceptors (Lipinski definition) is 5. The maximum Gasteiger partial charge on any atom is 0.283 e. The van der Waals surface area contributed by atoms with E-state index in [9.17, 15) is 8.78 Å². The number of rotatable bonds is 3. The lowest BCUT2D eigenvalue weighted by Crippen LogP contribution is -2.11. The first-order valence-corrected chi connectivity index (χ1v) is 6.17. The number of hydrogen-bond donors (Lipinski definition) is 1. The number of thiocarbonyl (C=S) groups is 1. The summed E-state index contributed by atoms with van der Waals surface area (Å²) in [7, 11) is 0. The van der Waals surface area contributed by atoms with Gasteiger partial charge in [0.2, 0.25) is 0 Å². The highest BCUT2D eigenvalue weighted by Gasteiger charge is 2.20. The van der Waals surface area contributed by atoms with Crippen molar-refractivity contribution in [3.63, 3.8) is 0 Å². The fourth-order valence-corrected chi connectivity index (χ4v) is 2.15. The third kappa shape index (κ3) is 2.95. The van der Waals surface area contributed by atoms with Gasteiger partial charge in [-0.05, 0) is 23.7 Å². The Kier molecular flexibility index (Phi) is 4.10. The van der Waals surface area contributed by atoms with Crippen molar-refractivity contribution in [1.82, 2.24) is 14.6 Å². The molecule has 94 valence electrons. The van der Waals surface area contributed by atoms with Gasteiger partial charge in [0.15, 0.2) is 5.69 Å². The van der Waals surface area contributed by atoms with E-state index in [1.54, 1.807) is 12.1 Å². The Morgan fingerprint density at radius 2 is 2.22 bits per heavy atom. The molecule has 2 aromatic heterocycles. The lowest BCUT2D eigenvalue weighted by molar-refractivity contribution is 0.146. The van der Waals surface area contributed by atoms with Gasteiger partial charge >= 0.3 is 0 Å². The predicted octanol–water partition coefficient (Wildman–Crippen LogP) is 3.31. The molecular weight excluding hydrogens is 302 g/mol. The van der Waals surface area contributed by atoms with Crippen molar-refractivity contribution in [2.75, 3.05) is 5.32 Å². The molecule has 1 N–H and O–H groups in total. The smallest absolute Gasteiger partial charge is 0.283 e. The number of halogens is 3. The molecule has 0 bridgehead atoms. The Labute approximate surface area is 115 Å². The molecule has 0 aliphatic rings. The summed E-state index contributed by atoms with van der Waals surface area (Å²) in [5, 5.41) is 6.45. The molecule has 0 amide bonds. The van der Waals surface area contributed by atoms with Gasteiger partial charge in [0, 0.05) is 0 Å². The fraction of sp³-hybridized carbons (Fsp3) is 0.111. The van der Waals surface area contributed by atoms with Crippen molar-refractivity contribution >= 4 is 46.0 Å². The van der Waals surface area contributed by atoms with Crippen molar-refractivity contribution in [2.45, 2.75) is 6.43 Å². The predicted molar refractivity (Wildman–Crippen MR) is 69.4 cm³/mol. The van der Waals surface area contributed by atoms with Crippen molar-refractivity contribution in [3.8, 4) is 0 Å². The zero-order chi connectivity index (χ0) is 13.1. The third-order valence-corrected chi connectivity index (χ3v) is 3.33. The summed E-state index contributed by atoms with van der Waals surface area (Å²) in [6.45, 7) is 0. The van der Waals surface area contributed by atoms with E-state index in [0.29, 0.717) is 10.8 Å². The van der Waals surface area contributed by atoms with Gasteiger partial charge in [-0.3, -0.25) is 0 Å². The molecule has 0 aromatic carbocycles. The monoisotopic (exact) mass is 306 g/mol. The number of alkyl halides is 2. The maximum absolute atomic E-state index is 12.6. The summed E-state index contributed by atoms with van der Waals surface area (Å²) < 4.78 is 28.7. The van der Waals surface area contributed by atoms with Crippen molar-refractivity contribution < 1.29 is 8.78 Å². The van der Waals surface area contributed by atoms with Crippen LogP contribution < -0.4 is 5.32 Å². The zero-order valence-corrected chi connectivity index (χ0v) is 11.0. The van der Waals surface area contributed by atoms with Crippen LogP contribution in [0.4, 0.5) is 14.5 Å². The Balaban J connectivity index is 2.17. The molecule has 0 spiro atoms. The molecule has 0 saturated carbocycles. The highest BCUT2D eigenvalue weighted by molar-refractivity contribution is 7.81. The van der Waals surface area contributed by atoms with E-state index in [4.69, 9.17) is 23.8 Å². The Hall–Kier alpha value is -1.25. The molecule has 2 rings (SSSR count). The number of aromatic nitrogens is 3. The number of nitrogens with one attached hydrogen (secondary N) is 1. The van der Waals surface area contributed by atoms with E-state index in [2.05, 4.69) is 19.9 Å². The molecular formula is C9H5ClF2N4S2. The molecule has 0 fully saturated rings. The maximum atomic E-state index is 12.6. The highest BCUT2D eigenvalue weighted by atomic mass is 35.5. The second kappa shape index (κ2) is 5.59. The summed E-state index contributed by atoms with van der Waals surface area (Å²) in [6, 6.07) is 3.20. The van der Waals surface area contributed by atoms with E-state index < -0.39 is 12.1 Å². The van der Waals surface area contributed by atoms with Gasteiger partial charge < -0.3 is 5.32 Å². The standard InChI is InChI=1S/C9H5ClF2N4S2/c10-5-2-1-4(3-13-5)14-9(17)7-6(8(11)12)15-16-18-7/h1-3,8H,(H,14,17). The molecule has 2 heterocycles. The summed E-state index contributed by atoms with van der Waals surface area (Å²) in [5.41, 5.74) is 0.137. The van der Waals surface area contributed by atoms with E-state index in [1.165, 1.54) is 6.20 Å².